The van der Waals surface area contributed by atoms with E-state index >= 15 is 0 Å². The lowest BCUT2D eigenvalue weighted by molar-refractivity contribution is -0.201. The van der Waals surface area contributed by atoms with Crippen molar-refractivity contribution in [1.29, 1.82) is 0 Å². The number of halogens is 3. The van der Waals surface area contributed by atoms with Gasteiger partial charge in [-0.2, -0.15) is 13.2 Å². The van der Waals surface area contributed by atoms with E-state index in [9.17, 15) is 13.2 Å². The highest BCUT2D eigenvalue weighted by atomic mass is 19.4. The van der Waals surface area contributed by atoms with E-state index in [1.807, 2.05) is 0 Å². The largest absolute Gasteiger partial charge is 0.484 e. The molecule has 0 unspecified atom stereocenters. The molecule has 1 atom stereocenters. The van der Waals surface area contributed by atoms with Crippen LogP contribution in [0.5, 0.6) is 0 Å². The highest BCUT2D eigenvalue weighted by Gasteiger charge is 2.42. The molecular formula is C4H3F3O. The number of ether oxygens (including phenoxy) is 1. The Morgan fingerprint density at radius 3 is 1.88 bits per heavy atom. The molecule has 1 aliphatic heterocycles. The fourth-order valence-corrected chi connectivity index (χ4v) is 0.343. The van der Waals surface area contributed by atoms with Crippen molar-refractivity contribution in [2.24, 2.45) is 0 Å². The van der Waals surface area contributed by atoms with E-state index in [1.54, 1.807) is 0 Å². The number of alkyl halides is 3. The summed E-state index contributed by atoms with van der Waals surface area (Å²) in [5.74, 6) is 0. The van der Waals surface area contributed by atoms with Gasteiger partial charge in [0, 0.05) is 0 Å². The Labute approximate surface area is 43.7 Å². The molecule has 1 nitrogen and oxygen atoms in total. The van der Waals surface area contributed by atoms with Crippen molar-refractivity contribution in [2.45, 2.75) is 12.3 Å². The summed E-state index contributed by atoms with van der Waals surface area (Å²) in [5, 5.41) is 0. The van der Waals surface area contributed by atoms with Crippen molar-refractivity contribution >= 4 is 0 Å². The molecule has 0 saturated carbocycles. The highest BCUT2D eigenvalue weighted by Crippen LogP contribution is 2.27. The number of rotatable bonds is 0. The molecule has 0 saturated heterocycles. The maximum Gasteiger partial charge on any atom is 0.429 e. The van der Waals surface area contributed by atoms with Crippen LogP contribution >= 0.6 is 0 Å². The maximum atomic E-state index is 11.3. The first kappa shape index (κ1) is 5.47. The minimum absolute atomic E-state index is 0.958. The molecular weight excluding hydrogens is 121 g/mol. The topological polar surface area (TPSA) is 9.23 Å². The molecule has 0 aliphatic carbocycles. The molecule has 4 heteroatoms. The quantitative estimate of drug-likeness (QED) is 0.475. The molecule has 1 heterocycles. The SMILES string of the molecule is FC(F)(F)[C@@H]1C=CO1. The summed E-state index contributed by atoms with van der Waals surface area (Å²) in [6, 6.07) is 0. The second kappa shape index (κ2) is 1.40. The second-order valence-electron chi connectivity index (χ2n) is 1.43. The average molecular weight is 124 g/mol. The molecule has 46 valence electrons. The summed E-state index contributed by atoms with van der Waals surface area (Å²) in [6.45, 7) is 0. The van der Waals surface area contributed by atoms with Crippen LogP contribution in [0.1, 0.15) is 0 Å². The first-order chi connectivity index (χ1) is 3.61. The van der Waals surface area contributed by atoms with E-state index in [4.69, 9.17) is 0 Å². The smallest absolute Gasteiger partial charge is 0.429 e. The van der Waals surface area contributed by atoms with Gasteiger partial charge in [-0.25, -0.2) is 0 Å². The van der Waals surface area contributed by atoms with Gasteiger partial charge in [-0.15, -0.1) is 0 Å². The third-order valence-corrected chi connectivity index (χ3v) is 0.801. The third kappa shape index (κ3) is 0.778. The molecule has 0 amide bonds. The van der Waals surface area contributed by atoms with E-state index in [-0.39, 0.29) is 0 Å². The lowest BCUT2D eigenvalue weighted by Gasteiger charge is -2.21. The van der Waals surface area contributed by atoms with Crippen LogP contribution in [0.15, 0.2) is 12.3 Å². The Balaban J connectivity index is 2.48. The minimum Gasteiger partial charge on any atom is -0.484 e. The maximum absolute atomic E-state index is 11.3. The molecule has 0 aromatic rings. The van der Waals surface area contributed by atoms with Gasteiger partial charge >= 0.3 is 6.18 Å². The lowest BCUT2D eigenvalue weighted by atomic mass is 10.3. The van der Waals surface area contributed by atoms with Crippen LogP contribution in [0.2, 0.25) is 0 Å². The Kier molecular flexibility index (Phi) is 0.957. The first-order valence-electron chi connectivity index (χ1n) is 1.99. The molecule has 0 spiro atoms. The van der Waals surface area contributed by atoms with Crippen LogP contribution in [0.3, 0.4) is 0 Å². The van der Waals surface area contributed by atoms with Crippen LogP contribution in [-0.4, -0.2) is 12.3 Å². The van der Waals surface area contributed by atoms with Crippen molar-refractivity contribution in [3.8, 4) is 0 Å². The summed E-state index contributed by atoms with van der Waals surface area (Å²) >= 11 is 0. The normalized spacial score (nSPS) is 26.6. The van der Waals surface area contributed by atoms with Gasteiger partial charge in [-0.3, -0.25) is 0 Å². The van der Waals surface area contributed by atoms with Crippen molar-refractivity contribution in [3.63, 3.8) is 0 Å². The molecule has 0 aromatic heterocycles. The van der Waals surface area contributed by atoms with E-state index in [1.165, 1.54) is 0 Å². The Morgan fingerprint density at radius 1 is 1.38 bits per heavy atom. The Morgan fingerprint density at radius 2 is 1.88 bits per heavy atom. The molecule has 0 radical (unpaired) electrons. The van der Waals surface area contributed by atoms with E-state index in [2.05, 4.69) is 4.74 Å². The monoisotopic (exact) mass is 124 g/mol. The molecule has 8 heavy (non-hydrogen) atoms. The van der Waals surface area contributed by atoms with Gasteiger partial charge in [-0.05, 0) is 6.08 Å². The van der Waals surface area contributed by atoms with Crippen LogP contribution in [-0.2, 0) is 4.74 Å². The van der Waals surface area contributed by atoms with Gasteiger partial charge < -0.3 is 4.74 Å². The van der Waals surface area contributed by atoms with Crippen molar-refractivity contribution in [2.75, 3.05) is 0 Å². The zero-order valence-corrected chi connectivity index (χ0v) is 3.77. The van der Waals surface area contributed by atoms with E-state index < -0.39 is 12.3 Å². The zero-order chi connectivity index (χ0) is 6.20. The van der Waals surface area contributed by atoms with Crippen LogP contribution in [0.4, 0.5) is 13.2 Å². The Hall–Kier alpha value is -0.670. The van der Waals surface area contributed by atoms with Gasteiger partial charge in [-0.1, -0.05) is 0 Å². The van der Waals surface area contributed by atoms with Gasteiger partial charge in [0.1, 0.15) is 0 Å². The zero-order valence-electron chi connectivity index (χ0n) is 3.77. The summed E-state index contributed by atoms with van der Waals surface area (Å²) < 4.78 is 38.0. The molecule has 0 fully saturated rings. The van der Waals surface area contributed by atoms with Crippen LogP contribution in [0.25, 0.3) is 0 Å². The van der Waals surface area contributed by atoms with Crippen LogP contribution in [0, 0.1) is 0 Å². The highest BCUT2D eigenvalue weighted by molar-refractivity contribution is 4.98. The number of hydrogen-bond donors (Lipinski definition) is 0. The van der Waals surface area contributed by atoms with Crippen LogP contribution < -0.4 is 0 Å². The van der Waals surface area contributed by atoms with Crippen molar-refractivity contribution < 1.29 is 17.9 Å². The summed E-state index contributed by atoms with van der Waals surface area (Å²) in [6.07, 6.45) is -3.88. The first-order valence-corrected chi connectivity index (χ1v) is 1.99. The van der Waals surface area contributed by atoms with Gasteiger partial charge in [0.25, 0.3) is 0 Å². The number of hydrogen-bond acceptors (Lipinski definition) is 1. The Bertz CT molecular complexity index is 115. The standard InChI is InChI=1S/C4H3F3O/c5-4(6,7)3-1-2-8-3/h1-3H/t3-/m0/s1. The van der Waals surface area contributed by atoms with E-state index in [0.717, 1.165) is 12.3 Å². The van der Waals surface area contributed by atoms with Crippen molar-refractivity contribution in [1.82, 2.24) is 0 Å². The summed E-state index contributed by atoms with van der Waals surface area (Å²) in [5.41, 5.74) is 0. The summed E-state index contributed by atoms with van der Waals surface area (Å²) in [4.78, 5) is 0. The lowest BCUT2D eigenvalue weighted by Crippen LogP contribution is -2.32. The molecule has 0 N–H and O–H groups in total. The van der Waals surface area contributed by atoms with Gasteiger partial charge in [0.2, 0.25) is 6.10 Å². The molecule has 1 aliphatic rings. The minimum atomic E-state index is -4.21. The fourth-order valence-electron chi connectivity index (χ4n) is 0.343. The predicted molar refractivity (Wildman–Crippen MR) is 20.1 cm³/mol. The molecule has 0 bridgehead atoms. The van der Waals surface area contributed by atoms with Gasteiger partial charge in [0.15, 0.2) is 0 Å². The summed E-state index contributed by atoms with van der Waals surface area (Å²) in [7, 11) is 0. The molecule has 1 rings (SSSR count). The third-order valence-electron chi connectivity index (χ3n) is 0.801. The average Bonchev–Trinajstić information content (AvgIpc) is 1.16. The fraction of sp³-hybridized carbons (Fsp3) is 0.500. The predicted octanol–water partition coefficient (Wildman–Crippen LogP) is 1.46. The second-order valence-corrected chi connectivity index (χ2v) is 1.43. The van der Waals surface area contributed by atoms with E-state index in [0.29, 0.717) is 0 Å². The molecule has 0 aromatic carbocycles. The van der Waals surface area contributed by atoms with Gasteiger partial charge in [0.05, 0.1) is 6.26 Å². The van der Waals surface area contributed by atoms with Crippen molar-refractivity contribution in [3.05, 3.63) is 12.3 Å².